The van der Waals surface area contributed by atoms with E-state index in [-0.39, 0.29) is 15.8 Å². The van der Waals surface area contributed by atoms with Gasteiger partial charge in [0.05, 0.1) is 27.4 Å². The minimum absolute atomic E-state index is 0.00766. The second-order valence-electron chi connectivity index (χ2n) is 5.99. The van der Waals surface area contributed by atoms with Crippen LogP contribution in [0.5, 0.6) is 11.5 Å². The maximum Gasteiger partial charge on any atom is 0.349 e. The Morgan fingerprint density at radius 1 is 1.15 bits per heavy atom. The number of rotatable bonds is 6. The second-order valence-corrected chi connectivity index (χ2v) is 8.77. The maximum atomic E-state index is 13.3. The van der Waals surface area contributed by atoms with E-state index in [1.165, 1.54) is 17.5 Å². The highest BCUT2D eigenvalue weighted by Gasteiger charge is 2.39. The molecule has 0 amide bonds. The molecule has 0 bridgehead atoms. The summed E-state index contributed by atoms with van der Waals surface area (Å²) in [5.41, 5.74) is 0.823. The van der Waals surface area contributed by atoms with Crippen molar-refractivity contribution in [2.24, 2.45) is 0 Å². The maximum absolute atomic E-state index is 13.3. The second kappa shape index (κ2) is 7.87. The van der Waals surface area contributed by atoms with Gasteiger partial charge in [-0.3, -0.25) is 0 Å². The molecule has 27 heavy (non-hydrogen) atoms. The molecule has 1 aliphatic heterocycles. The molecule has 1 aromatic heterocycles. The van der Waals surface area contributed by atoms with Crippen LogP contribution in [0.4, 0.5) is 0 Å². The van der Waals surface area contributed by atoms with Crippen LogP contribution in [0, 0.1) is 0 Å². The smallest absolute Gasteiger partial charge is 0.349 e. The van der Waals surface area contributed by atoms with E-state index in [0.717, 1.165) is 23.3 Å². The molecule has 2 aromatic rings. The zero-order valence-corrected chi connectivity index (χ0v) is 16.9. The lowest BCUT2D eigenvalue weighted by Crippen LogP contribution is -2.31. The summed E-state index contributed by atoms with van der Waals surface area (Å²) >= 11 is 1.06. The monoisotopic (exact) mass is 411 g/mol. The number of carbonyl (C=O) groups is 1. The van der Waals surface area contributed by atoms with E-state index in [4.69, 9.17) is 14.2 Å². The summed E-state index contributed by atoms with van der Waals surface area (Å²) in [6.45, 7) is 0.387. The van der Waals surface area contributed by atoms with E-state index in [1.807, 2.05) is 6.07 Å². The Balaban J connectivity index is 1.99. The molecular weight excluding hydrogens is 390 g/mol. The molecule has 1 unspecified atom stereocenters. The van der Waals surface area contributed by atoms with Crippen molar-refractivity contribution >= 4 is 27.3 Å². The average molecular weight is 412 g/mol. The third kappa shape index (κ3) is 3.54. The Labute approximate surface area is 162 Å². The zero-order valence-electron chi connectivity index (χ0n) is 15.3. The largest absolute Gasteiger partial charge is 0.493 e. The van der Waals surface area contributed by atoms with Gasteiger partial charge in [0.25, 0.3) is 0 Å². The Hall–Kier alpha value is -2.10. The van der Waals surface area contributed by atoms with Crippen LogP contribution < -0.4 is 9.47 Å². The SMILES string of the molecule is COC(=O)c1sccc1S(=O)(=O)N1CCCC1c1ccc(OC)c(OC)c1. The fourth-order valence-corrected chi connectivity index (χ4v) is 6.28. The summed E-state index contributed by atoms with van der Waals surface area (Å²) in [7, 11) is 0.485. The summed E-state index contributed by atoms with van der Waals surface area (Å²) < 4.78 is 43.3. The Morgan fingerprint density at radius 3 is 2.56 bits per heavy atom. The molecule has 7 nitrogen and oxygen atoms in total. The molecule has 1 fully saturated rings. The molecule has 146 valence electrons. The average Bonchev–Trinajstić information content (AvgIpc) is 3.36. The van der Waals surface area contributed by atoms with Crippen LogP contribution in [0.1, 0.15) is 34.1 Å². The van der Waals surface area contributed by atoms with Crippen LogP contribution in [0.25, 0.3) is 0 Å². The molecule has 0 aliphatic carbocycles. The molecule has 9 heteroatoms. The van der Waals surface area contributed by atoms with Gasteiger partial charge in [0.2, 0.25) is 10.0 Å². The number of benzene rings is 1. The molecule has 0 saturated carbocycles. The van der Waals surface area contributed by atoms with Gasteiger partial charge in [0.1, 0.15) is 9.77 Å². The Bertz CT molecular complexity index is 937. The molecule has 1 aliphatic rings. The van der Waals surface area contributed by atoms with E-state index in [1.54, 1.807) is 31.7 Å². The van der Waals surface area contributed by atoms with Gasteiger partial charge in [-0.15, -0.1) is 11.3 Å². The summed E-state index contributed by atoms with van der Waals surface area (Å²) in [4.78, 5) is 12.0. The fourth-order valence-electron chi connectivity index (χ4n) is 3.29. The number of esters is 1. The van der Waals surface area contributed by atoms with Gasteiger partial charge in [0.15, 0.2) is 11.5 Å². The van der Waals surface area contributed by atoms with Crippen molar-refractivity contribution < 1.29 is 27.4 Å². The summed E-state index contributed by atoms with van der Waals surface area (Å²) in [5.74, 6) is 0.481. The number of sulfonamides is 1. The normalized spacial score (nSPS) is 17.7. The highest BCUT2D eigenvalue weighted by atomic mass is 32.2. The van der Waals surface area contributed by atoms with Gasteiger partial charge in [-0.25, -0.2) is 13.2 Å². The van der Waals surface area contributed by atoms with Gasteiger partial charge < -0.3 is 14.2 Å². The number of thiophene rings is 1. The lowest BCUT2D eigenvalue weighted by molar-refractivity contribution is 0.0602. The predicted octanol–water partition coefficient (Wildman–Crippen LogP) is 3.08. The first-order chi connectivity index (χ1) is 12.9. The minimum atomic E-state index is -3.84. The molecule has 0 N–H and O–H groups in total. The summed E-state index contributed by atoms with van der Waals surface area (Å²) in [6.07, 6.45) is 1.42. The molecule has 1 atom stereocenters. The standard InChI is InChI=1S/C18H21NO6S2/c1-23-14-7-6-12(11-15(14)24-2)13-5-4-9-19(13)27(21,22)16-8-10-26-17(16)18(20)25-3/h6-8,10-11,13H,4-5,9H2,1-3H3. The lowest BCUT2D eigenvalue weighted by atomic mass is 10.0. The van der Waals surface area contributed by atoms with Crippen LogP contribution in [-0.4, -0.2) is 46.6 Å². The molecule has 2 heterocycles. The molecule has 1 saturated heterocycles. The zero-order chi connectivity index (χ0) is 19.6. The van der Waals surface area contributed by atoms with Crippen molar-refractivity contribution in [3.63, 3.8) is 0 Å². The third-order valence-corrected chi connectivity index (χ3v) is 7.56. The van der Waals surface area contributed by atoms with E-state index in [2.05, 4.69) is 0 Å². The first kappa shape index (κ1) is 19.7. The predicted molar refractivity (Wildman–Crippen MR) is 101 cm³/mol. The number of methoxy groups -OCH3 is 3. The van der Waals surface area contributed by atoms with Crippen molar-refractivity contribution in [1.29, 1.82) is 0 Å². The van der Waals surface area contributed by atoms with Crippen LogP contribution >= 0.6 is 11.3 Å². The molecule has 0 spiro atoms. The van der Waals surface area contributed by atoms with Crippen molar-refractivity contribution in [2.45, 2.75) is 23.8 Å². The number of carbonyl (C=O) groups excluding carboxylic acids is 1. The van der Waals surface area contributed by atoms with Crippen molar-refractivity contribution in [2.75, 3.05) is 27.9 Å². The number of hydrogen-bond donors (Lipinski definition) is 0. The first-order valence-electron chi connectivity index (χ1n) is 8.33. The van der Waals surface area contributed by atoms with Crippen molar-refractivity contribution in [1.82, 2.24) is 4.31 Å². The Kier molecular flexibility index (Phi) is 5.73. The molecule has 3 rings (SSSR count). The van der Waals surface area contributed by atoms with Gasteiger partial charge in [-0.05, 0) is 42.0 Å². The summed E-state index contributed by atoms with van der Waals surface area (Å²) in [6, 6.07) is 6.53. The first-order valence-corrected chi connectivity index (χ1v) is 10.7. The van der Waals surface area contributed by atoms with Gasteiger partial charge in [-0.1, -0.05) is 6.07 Å². The van der Waals surface area contributed by atoms with Gasteiger partial charge in [0, 0.05) is 6.54 Å². The topological polar surface area (TPSA) is 82.1 Å². The highest BCUT2D eigenvalue weighted by Crippen LogP contribution is 2.40. The van der Waals surface area contributed by atoms with Gasteiger partial charge in [-0.2, -0.15) is 4.31 Å². The number of nitrogens with zero attached hydrogens (tertiary/aromatic N) is 1. The van der Waals surface area contributed by atoms with Crippen LogP contribution in [0.15, 0.2) is 34.5 Å². The van der Waals surface area contributed by atoms with E-state index >= 15 is 0 Å². The number of hydrogen-bond acceptors (Lipinski definition) is 7. The van der Waals surface area contributed by atoms with Crippen molar-refractivity contribution in [3.05, 3.63) is 40.1 Å². The van der Waals surface area contributed by atoms with Crippen LogP contribution in [0.2, 0.25) is 0 Å². The summed E-state index contributed by atoms with van der Waals surface area (Å²) in [5, 5.41) is 1.58. The van der Waals surface area contributed by atoms with E-state index in [9.17, 15) is 13.2 Å². The van der Waals surface area contributed by atoms with E-state index < -0.39 is 16.0 Å². The fraction of sp³-hybridized carbons (Fsp3) is 0.389. The Morgan fingerprint density at radius 2 is 1.89 bits per heavy atom. The highest BCUT2D eigenvalue weighted by molar-refractivity contribution is 7.89. The van der Waals surface area contributed by atoms with E-state index in [0.29, 0.717) is 24.5 Å². The quantitative estimate of drug-likeness (QED) is 0.680. The number of ether oxygens (including phenoxy) is 3. The minimum Gasteiger partial charge on any atom is -0.493 e. The van der Waals surface area contributed by atoms with Gasteiger partial charge >= 0.3 is 5.97 Å². The van der Waals surface area contributed by atoms with Crippen molar-refractivity contribution in [3.8, 4) is 11.5 Å². The lowest BCUT2D eigenvalue weighted by Gasteiger charge is -2.25. The van der Waals surface area contributed by atoms with Crippen LogP contribution in [-0.2, 0) is 14.8 Å². The third-order valence-electron chi connectivity index (χ3n) is 4.58. The molecule has 1 aromatic carbocycles. The molecular formula is C18H21NO6S2. The van der Waals surface area contributed by atoms with Crippen LogP contribution in [0.3, 0.4) is 0 Å². The molecule has 0 radical (unpaired) electrons.